The van der Waals surface area contributed by atoms with E-state index in [2.05, 4.69) is 43.9 Å². The standard InChI is InChI=1S/C38H72/c1-3-5-7-9-11-13-15-17-19-21-23-25-27-29-31-33-35-37-38-36-34-32-30-28-26-24-22-20-18-16-14-12-10-8-6-4-2/h3,29,31-32,34H,1,4-28,30,33,35-38H2,2H3/b31-29+,34-32+. The lowest BCUT2D eigenvalue weighted by Gasteiger charge is -2.02. The van der Waals surface area contributed by atoms with Gasteiger partial charge in [-0.2, -0.15) is 0 Å². The van der Waals surface area contributed by atoms with E-state index in [1.165, 1.54) is 199 Å². The van der Waals surface area contributed by atoms with Gasteiger partial charge in [-0.15, -0.1) is 6.58 Å². The molecule has 0 amide bonds. The Morgan fingerprint density at radius 3 is 0.763 bits per heavy atom. The summed E-state index contributed by atoms with van der Waals surface area (Å²) < 4.78 is 0. The van der Waals surface area contributed by atoms with Crippen molar-refractivity contribution < 1.29 is 0 Å². The van der Waals surface area contributed by atoms with Gasteiger partial charge in [-0.05, 0) is 64.2 Å². The molecule has 0 aliphatic carbocycles. The van der Waals surface area contributed by atoms with Crippen molar-refractivity contribution in [3.05, 3.63) is 37.0 Å². The fourth-order valence-corrected chi connectivity index (χ4v) is 5.42. The van der Waals surface area contributed by atoms with Gasteiger partial charge in [0.05, 0.1) is 0 Å². The van der Waals surface area contributed by atoms with E-state index in [9.17, 15) is 0 Å². The summed E-state index contributed by atoms with van der Waals surface area (Å²) in [6, 6.07) is 0. The molecule has 0 rings (SSSR count). The first-order valence-corrected chi connectivity index (χ1v) is 17.8. The zero-order chi connectivity index (χ0) is 27.5. The molecular formula is C38H72. The van der Waals surface area contributed by atoms with Gasteiger partial charge < -0.3 is 0 Å². The lowest BCUT2D eigenvalue weighted by atomic mass is 10.0. The predicted octanol–water partition coefficient (Wildman–Crippen LogP) is 14.4. The molecule has 0 heteroatoms. The van der Waals surface area contributed by atoms with Crippen molar-refractivity contribution in [3.63, 3.8) is 0 Å². The number of hydrogen-bond acceptors (Lipinski definition) is 0. The molecule has 0 aromatic heterocycles. The molecule has 0 atom stereocenters. The largest absolute Gasteiger partial charge is 0.103 e. The van der Waals surface area contributed by atoms with Crippen LogP contribution in [0.15, 0.2) is 37.0 Å². The summed E-state index contributed by atoms with van der Waals surface area (Å²) in [6.45, 7) is 6.10. The van der Waals surface area contributed by atoms with Gasteiger partial charge in [0.1, 0.15) is 0 Å². The highest BCUT2D eigenvalue weighted by atomic mass is 14.0. The minimum absolute atomic E-state index is 1.20. The lowest BCUT2D eigenvalue weighted by molar-refractivity contribution is 0.540. The molecule has 38 heavy (non-hydrogen) atoms. The summed E-state index contributed by atoms with van der Waals surface area (Å²) in [5, 5.41) is 0. The summed E-state index contributed by atoms with van der Waals surface area (Å²) >= 11 is 0. The summed E-state index contributed by atoms with van der Waals surface area (Å²) in [5.41, 5.74) is 0. The van der Waals surface area contributed by atoms with Gasteiger partial charge in [0.25, 0.3) is 0 Å². The van der Waals surface area contributed by atoms with E-state index in [0.29, 0.717) is 0 Å². The molecule has 0 heterocycles. The van der Waals surface area contributed by atoms with Crippen molar-refractivity contribution in [1.29, 1.82) is 0 Å². The van der Waals surface area contributed by atoms with Crippen LogP contribution in [-0.2, 0) is 0 Å². The van der Waals surface area contributed by atoms with E-state index in [1.54, 1.807) is 0 Å². The molecule has 0 saturated heterocycles. The second-order valence-electron chi connectivity index (χ2n) is 12.0. The molecule has 0 spiro atoms. The molecule has 0 saturated carbocycles. The maximum Gasteiger partial charge on any atom is -0.0351 e. The normalized spacial score (nSPS) is 11.8. The van der Waals surface area contributed by atoms with Gasteiger partial charge in [-0.3, -0.25) is 0 Å². The van der Waals surface area contributed by atoms with Crippen LogP contribution in [0.4, 0.5) is 0 Å². The summed E-state index contributed by atoms with van der Waals surface area (Å²) in [6.07, 6.45) is 55.4. The third-order valence-electron chi connectivity index (χ3n) is 8.08. The summed E-state index contributed by atoms with van der Waals surface area (Å²) in [7, 11) is 0. The van der Waals surface area contributed by atoms with Gasteiger partial charge in [0.2, 0.25) is 0 Å². The van der Waals surface area contributed by atoms with Gasteiger partial charge in [-0.25, -0.2) is 0 Å². The molecule has 0 aliphatic heterocycles. The van der Waals surface area contributed by atoms with Crippen LogP contribution in [0, 0.1) is 0 Å². The first-order valence-electron chi connectivity index (χ1n) is 17.8. The van der Waals surface area contributed by atoms with E-state index in [4.69, 9.17) is 0 Å². The monoisotopic (exact) mass is 529 g/mol. The number of rotatable bonds is 33. The quantitative estimate of drug-likeness (QED) is 0.0586. The lowest BCUT2D eigenvalue weighted by Crippen LogP contribution is -1.82. The molecule has 0 radical (unpaired) electrons. The Kier molecular flexibility index (Phi) is 35.5. The molecule has 0 aromatic rings. The smallest absolute Gasteiger partial charge is 0.0351 e. The fourth-order valence-electron chi connectivity index (χ4n) is 5.42. The third kappa shape index (κ3) is 35.2. The van der Waals surface area contributed by atoms with E-state index in [0.717, 1.165) is 0 Å². The highest BCUT2D eigenvalue weighted by Gasteiger charge is 1.94. The Morgan fingerprint density at radius 2 is 0.500 bits per heavy atom. The number of allylic oxidation sites excluding steroid dienone is 5. The van der Waals surface area contributed by atoms with E-state index in [-0.39, 0.29) is 0 Å². The predicted molar refractivity (Wildman–Crippen MR) is 177 cm³/mol. The minimum atomic E-state index is 1.20. The molecular weight excluding hydrogens is 456 g/mol. The Labute approximate surface area is 242 Å². The zero-order valence-electron chi connectivity index (χ0n) is 26.5. The number of hydrogen-bond donors (Lipinski definition) is 0. The molecule has 0 bridgehead atoms. The van der Waals surface area contributed by atoms with Gasteiger partial charge in [0.15, 0.2) is 0 Å². The van der Waals surface area contributed by atoms with Crippen LogP contribution in [0.1, 0.15) is 206 Å². The Bertz CT molecular complexity index is 470. The SMILES string of the molecule is C=CCCCCCCCCCCCC/C=C/CCCCC/C=C/CCCCCCCCCCCCCCC. The summed E-state index contributed by atoms with van der Waals surface area (Å²) in [5.74, 6) is 0. The van der Waals surface area contributed by atoms with Gasteiger partial charge >= 0.3 is 0 Å². The Hall–Kier alpha value is -0.780. The van der Waals surface area contributed by atoms with E-state index >= 15 is 0 Å². The fraction of sp³-hybridized carbons (Fsp3) is 0.842. The van der Waals surface area contributed by atoms with Crippen LogP contribution in [0.25, 0.3) is 0 Å². The van der Waals surface area contributed by atoms with Crippen molar-refractivity contribution in [3.8, 4) is 0 Å². The maximum absolute atomic E-state index is 3.80. The molecule has 224 valence electrons. The molecule has 0 fully saturated rings. The van der Waals surface area contributed by atoms with E-state index < -0.39 is 0 Å². The minimum Gasteiger partial charge on any atom is -0.103 e. The van der Waals surface area contributed by atoms with Crippen molar-refractivity contribution in [2.75, 3.05) is 0 Å². The highest BCUT2D eigenvalue weighted by Crippen LogP contribution is 2.14. The topological polar surface area (TPSA) is 0 Å². The van der Waals surface area contributed by atoms with Gasteiger partial charge in [-0.1, -0.05) is 172 Å². The van der Waals surface area contributed by atoms with Crippen LogP contribution < -0.4 is 0 Å². The van der Waals surface area contributed by atoms with Crippen LogP contribution in [-0.4, -0.2) is 0 Å². The molecule has 0 unspecified atom stereocenters. The van der Waals surface area contributed by atoms with Crippen LogP contribution in [0.5, 0.6) is 0 Å². The van der Waals surface area contributed by atoms with Crippen molar-refractivity contribution in [1.82, 2.24) is 0 Å². The highest BCUT2D eigenvalue weighted by molar-refractivity contribution is 4.83. The van der Waals surface area contributed by atoms with Crippen LogP contribution in [0.2, 0.25) is 0 Å². The van der Waals surface area contributed by atoms with Crippen LogP contribution in [0.3, 0.4) is 0 Å². The Balaban J connectivity index is 3.14. The molecule has 0 aromatic carbocycles. The number of unbranched alkanes of at least 4 members (excludes halogenated alkanes) is 28. The molecule has 0 nitrogen and oxygen atoms in total. The van der Waals surface area contributed by atoms with Crippen molar-refractivity contribution >= 4 is 0 Å². The molecule has 0 aliphatic rings. The second-order valence-corrected chi connectivity index (χ2v) is 12.0. The third-order valence-corrected chi connectivity index (χ3v) is 8.08. The first kappa shape index (κ1) is 37.2. The maximum atomic E-state index is 3.80. The average molecular weight is 529 g/mol. The zero-order valence-corrected chi connectivity index (χ0v) is 26.5. The average Bonchev–Trinajstić information content (AvgIpc) is 2.93. The second kappa shape index (κ2) is 36.2. The van der Waals surface area contributed by atoms with E-state index in [1.807, 2.05) is 0 Å². The summed E-state index contributed by atoms with van der Waals surface area (Å²) in [4.78, 5) is 0. The molecule has 0 N–H and O–H groups in total. The van der Waals surface area contributed by atoms with Crippen LogP contribution >= 0.6 is 0 Å². The van der Waals surface area contributed by atoms with Crippen molar-refractivity contribution in [2.45, 2.75) is 206 Å². The Morgan fingerprint density at radius 1 is 0.289 bits per heavy atom. The first-order chi connectivity index (χ1) is 18.9. The van der Waals surface area contributed by atoms with Gasteiger partial charge in [0, 0.05) is 0 Å². The van der Waals surface area contributed by atoms with Crippen molar-refractivity contribution in [2.24, 2.45) is 0 Å².